The molecule has 3 aliphatic heterocycles. The molecule has 4 rings (SSSR count). The number of carbonyl (C=O) groups is 2. The second-order valence-corrected chi connectivity index (χ2v) is 8.44. The predicted octanol–water partition coefficient (Wildman–Crippen LogP) is 2.15. The van der Waals surface area contributed by atoms with Crippen LogP contribution in [0.5, 0.6) is 5.75 Å². The molecule has 0 radical (unpaired) electrons. The second kappa shape index (κ2) is 9.90. The Bertz CT molecular complexity index is 724. The van der Waals surface area contributed by atoms with Crippen LogP contribution < -0.4 is 9.64 Å². The van der Waals surface area contributed by atoms with E-state index in [1.807, 2.05) is 19.1 Å². The summed E-state index contributed by atoms with van der Waals surface area (Å²) in [5.41, 5.74) is 0.636. The van der Waals surface area contributed by atoms with Crippen LogP contribution >= 0.6 is 0 Å². The average Bonchev–Trinajstić information content (AvgIpc) is 3.08. The highest BCUT2D eigenvalue weighted by atomic mass is 16.5. The Morgan fingerprint density at radius 3 is 2.40 bits per heavy atom. The lowest BCUT2D eigenvalue weighted by atomic mass is 9.92. The van der Waals surface area contributed by atoms with Crippen molar-refractivity contribution < 1.29 is 19.1 Å². The standard InChI is InChI=1S/C23H33N3O4/c1-2-30-20-5-3-19(4-6-20)26-22(27)17-21(23(26)28)25-11-8-18(9-12-25)7-10-24-13-15-29-16-14-24/h3-6,18,21H,2,7-17H2,1H3/t21-/m1/s1. The minimum atomic E-state index is -0.315. The zero-order chi connectivity index (χ0) is 20.9. The molecule has 164 valence electrons. The fourth-order valence-electron chi connectivity index (χ4n) is 4.77. The van der Waals surface area contributed by atoms with Gasteiger partial charge in [0, 0.05) is 13.1 Å². The first-order valence-corrected chi connectivity index (χ1v) is 11.3. The van der Waals surface area contributed by atoms with Crippen molar-refractivity contribution in [2.45, 2.75) is 38.6 Å². The van der Waals surface area contributed by atoms with Crippen molar-refractivity contribution in [1.29, 1.82) is 0 Å². The van der Waals surface area contributed by atoms with Crippen molar-refractivity contribution in [2.75, 3.05) is 57.4 Å². The van der Waals surface area contributed by atoms with Crippen LogP contribution in [0.25, 0.3) is 0 Å². The fourth-order valence-corrected chi connectivity index (χ4v) is 4.77. The minimum absolute atomic E-state index is 0.0871. The maximum absolute atomic E-state index is 13.1. The van der Waals surface area contributed by atoms with Crippen molar-refractivity contribution >= 4 is 17.5 Å². The number of hydrogen-bond acceptors (Lipinski definition) is 6. The van der Waals surface area contributed by atoms with Crippen LogP contribution in [-0.2, 0) is 14.3 Å². The van der Waals surface area contributed by atoms with Gasteiger partial charge in [0.25, 0.3) is 5.91 Å². The molecule has 1 aromatic rings. The van der Waals surface area contributed by atoms with Gasteiger partial charge in [0.05, 0.1) is 38.0 Å². The number of piperidine rings is 1. The molecule has 3 saturated heterocycles. The van der Waals surface area contributed by atoms with E-state index in [1.165, 1.54) is 11.3 Å². The number of amides is 2. The normalized spacial score (nSPS) is 24.6. The molecule has 0 unspecified atom stereocenters. The van der Waals surface area contributed by atoms with Crippen LogP contribution in [0, 0.1) is 5.92 Å². The number of hydrogen-bond donors (Lipinski definition) is 0. The molecular formula is C23H33N3O4. The molecule has 0 aromatic heterocycles. The Labute approximate surface area is 178 Å². The van der Waals surface area contributed by atoms with Gasteiger partial charge in [-0.05, 0) is 76.0 Å². The molecule has 3 heterocycles. The molecule has 2 amide bonds. The van der Waals surface area contributed by atoms with Gasteiger partial charge < -0.3 is 9.47 Å². The van der Waals surface area contributed by atoms with Crippen LogP contribution in [-0.4, -0.2) is 80.2 Å². The lowest BCUT2D eigenvalue weighted by Crippen LogP contribution is -2.46. The largest absolute Gasteiger partial charge is 0.494 e. The number of nitrogens with zero attached hydrogens (tertiary/aromatic N) is 3. The zero-order valence-electron chi connectivity index (χ0n) is 17.9. The monoisotopic (exact) mass is 415 g/mol. The number of ether oxygens (including phenoxy) is 2. The number of rotatable bonds is 7. The highest BCUT2D eigenvalue weighted by molar-refractivity contribution is 6.22. The van der Waals surface area contributed by atoms with Gasteiger partial charge in [0.15, 0.2) is 0 Å². The summed E-state index contributed by atoms with van der Waals surface area (Å²) < 4.78 is 10.9. The van der Waals surface area contributed by atoms with E-state index in [0.717, 1.165) is 64.5 Å². The maximum atomic E-state index is 13.1. The number of morpholine rings is 1. The Hall–Kier alpha value is -1.96. The number of benzene rings is 1. The van der Waals surface area contributed by atoms with Gasteiger partial charge in [-0.3, -0.25) is 19.4 Å². The maximum Gasteiger partial charge on any atom is 0.251 e. The number of imide groups is 1. The summed E-state index contributed by atoms with van der Waals surface area (Å²) >= 11 is 0. The molecule has 30 heavy (non-hydrogen) atoms. The number of carbonyl (C=O) groups excluding carboxylic acids is 2. The summed E-state index contributed by atoms with van der Waals surface area (Å²) in [7, 11) is 0. The van der Waals surface area contributed by atoms with E-state index in [-0.39, 0.29) is 24.3 Å². The highest BCUT2D eigenvalue weighted by Gasteiger charge is 2.43. The first-order valence-electron chi connectivity index (χ1n) is 11.3. The van der Waals surface area contributed by atoms with E-state index in [2.05, 4.69) is 9.80 Å². The summed E-state index contributed by atoms with van der Waals surface area (Å²) in [4.78, 5) is 31.7. The van der Waals surface area contributed by atoms with E-state index in [9.17, 15) is 9.59 Å². The van der Waals surface area contributed by atoms with Crippen molar-refractivity contribution in [2.24, 2.45) is 5.92 Å². The lowest BCUT2D eigenvalue weighted by molar-refractivity contribution is -0.123. The molecule has 0 bridgehead atoms. The Morgan fingerprint density at radius 2 is 1.73 bits per heavy atom. The van der Waals surface area contributed by atoms with E-state index in [4.69, 9.17) is 9.47 Å². The third-order valence-corrected chi connectivity index (χ3v) is 6.58. The van der Waals surface area contributed by atoms with Gasteiger partial charge >= 0.3 is 0 Å². The SMILES string of the molecule is CCOc1ccc(N2C(=O)C[C@@H](N3CCC(CCN4CCOCC4)CC3)C2=O)cc1. The quantitative estimate of drug-likeness (QED) is 0.636. The molecule has 7 nitrogen and oxygen atoms in total. The summed E-state index contributed by atoms with van der Waals surface area (Å²) in [6.07, 6.45) is 3.70. The van der Waals surface area contributed by atoms with Crippen molar-refractivity contribution in [1.82, 2.24) is 9.80 Å². The summed E-state index contributed by atoms with van der Waals surface area (Å²) in [6.45, 7) is 9.23. The first kappa shape index (κ1) is 21.3. The van der Waals surface area contributed by atoms with E-state index in [0.29, 0.717) is 18.2 Å². The Balaban J connectivity index is 1.29. The molecule has 0 saturated carbocycles. The van der Waals surface area contributed by atoms with Crippen LogP contribution in [0.1, 0.15) is 32.6 Å². The zero-order valence-corrected chi connectivity index (χ0v) is 17.9. The molecule has 1 atom stereocenters. The van der Waals surface area contributed by atoms with Gasteiger partial charge in [0.2, 0.25) is 5.91 Å². The van der Waals surface area contributed by atoms with E-state index >= 15 is 0 Å². The highest BCUT2D eigenvalue weighted by Crippen LogP contribution is 2.30. The lowest BCUT2D eigenvalue weighted by Gasteiger charge is -2.36. The first-order chi connectivity index (χ1) is 14.7. The summed E-state index contributed by atoms with van der Waals surface area (Å²) in [5.74, 6) is 1.26. The van der Waals surface area contributed by atoms with Crippen LogP contribution in [0.2, 0.25) is 0 Å². The fraction of sp³-hybridized carbons (Fsp3) is 0.652. The molecular weight excluding hydrogens is 382 g/mol. The third-order valence-electron chi connectivity index (χ3n) is 6.58. The average molecular weight is 416 g/mol. The van der Waals surface area contributed by atoms with Crippen molar-refractivity contribution in [3.63, 3.8) is 0 Å². The van der Waals surface area contributed by atoms with Gasteiger partial charge in [-0.15, -0.1) is 0 Å². The van der Waals surface area contributed by atoms with Gasteiger partial charge in [-0.25, -0.2) is 4.90 Å². The molecule has 0 spiro atoms. The molecule has 0 N–H and O–H groups in total. The molecule has 3 fully saturated rings. The summed E-state index contributed by atoms with van der Waals surface area (Å²) in [6, 6.07) is 6.89. The van der Waals surface area contributed by atoms with Crippen LogP contribution in [0.3, 0.4) is 0 Å². The Kier molecular flexibility index (Phi) is 7.02. The van der Waals surface area contributed by atoms with Crippen LogP contribution in [0.15, 0.2) is 24.3 Å². The van der Waals surface area contributed by atoms with Crippen molar-refractivity contribution in [3.8, 4) is 5.75 Å². The third kappa shape index (κ3) is 4.85. The van der Waals surface area contributed by atoms with Crippen LogP contribution in [0.4, 0.5) is 5.69 Å². The Morgan fingerprint density at radius 1 is 1.03 bits per heavy atom. The van der Waals surface area contributed by atoms with Gasteiger partial charge in [0.1, 0.15) is 5.75 Å². The van der Waals surface area contributed by atoms with Gasteiger partial charge in [-0.1, -0.05) is 0 Å². The minimum Gasteiger partial charge on any atom is -0.494 e. The van der Waals surface area contributed by atoms with E-state index < -0.39 is 0 Å². The summed E-state index contributed by atoms with van der Waals surface area (Å²) in [5, 5.41) is 0. The molecule has 3 aliphatic rings. The second-order valence-electron chi connectivity index (χ2n) is 8.44. The molecule has 7 heteroatoms. The topological polar surface area (TPSA) is 62.3 Å². The number of anilines is 1. The number of likely N-dealkylation sites (tertiary alicyclic amines) is 1. The van der Waals surface area contributed by atoms with Crippen molar-refractivity contribution in [3.05, 3.63) is 24.3 Å². The molecule has 1 aromatic carbocycles. The smallest absolute Gasteiger partial charge is 0.251 e. The molecule has 0 aliphatic carbocycles. The predicted molar refractivity (Wildman–Crippen MR) is 115 cm³/mol. The van der Waals surface area contributed by atoms with E-state index in [1.54, 1.807) is 12.1 Å². The van der Waals surface area contributed by atoms with Gasteiger partial charge in [-0.2, -0.15) is 0 Å².